The summed E-state index contributed by atoms with van der Waals surface area (Å²) in [7, 11) is 0. The molecule has 0 bridgehead atoms. The Hall–Kier alpha value is -5.26. The van der Waals surface area contributed by atoms with Gasteiger partial charge in [0.15, 0.2) is 0 Å². The molecule has 0 atom stereocenters. The second-order valence-corrected chi connectivity index (χ2v) is 9.07. The second kappa shape index (κ2) is 10.8. The topological polar surface area (TPSA) is 25.8 Å². The normalized spacial score (nSPS) is 11.3. The van der Waals surface area contributed by atoms with Gasteiger partial charge in [0.05, 0.1) is 11.0 Å². The van der Waals surface area contributed by atoms with E-state index in [1.807, 2.05) is 24.5 Å². The number of benzene rings is 4. The van der Waals surface area contributed by atoms with Gasteiger partial charge < -0.3 is 0 Å². The Morgan fingerprint density at radius 2 is 0.816 bits per heavy atom. The number of hydrogen-bond acceptors (Lipinski definition) is 2. The number of hydrogen-bond donors (Lipinski definition) is 0. The lowest BCUT2D eigenvalue weighted by Crippen LogP contribution is -1.80. The zero-order chi connectivity index (χ0) is 25.6. The summed E-state index contributed by atoms with van der Waals surface area (Å²) >= 11 is 0. The molecule has 0 radical (unpaired) electrons. The van der Waals surface area contributed by atoms with Crippen LogP contribution in [-0.2, 0) is 0 Å². The van der Waals surface area contributed by atoms with Gasteiger partial charge in [0.1, 0.15) is 0 Å². The SMILES string of the molecule is C(#Cc1ccc(C=Cc2ccc3cccnc3c2)cc1)c1ccc(C=Cc2ccc3cccnc3c2)cc1. The Kier molecular flexibility index (Phi) is 6.57. The smallest absolute Gasteiger partial charge is 0.0707 e. The lowest BCUT2D eigenvalue weighted by Gasteiger charge is -1.99. The van der Waals surface area contributed by atoms with Crippen molar-refractivity contribution in [2.45, 2.75) is 0 Å². The number of nitrogens with zero attached hydrogens (tertiary/aromatic N) is 2. The Morgan fingerprint density at radius 1 is 0.421 bits per heavy atom. The summed E-state index contributed by atoms with van der Waals surface area (Å²) in [4.78, 5) is 8.87. The van der Waals surface area contributed by atoms with Gasteiger partial charge in [-0.1, -0.05) is 96.8 Å². The maximum absolute atomic E-state index is 4.43. The molecule has 178 valence electrons. The van der Waals surface area contributed by atoms with Crippen molar-refractivity contribution in [1.29, 1.82) is 0 Å². The van der Waals surface area contributed by atoms with Gasteiger partial charge in [-0.15, -0.1) is 0 Å². The summed E-state index contributed by atoms with van der Waals surface area (Å²) < 4.78 is 0. The van der Waals surface area contributed by atoms with E-state index in [9.17, 15) is 0 Å². The zero-order valence-electron chi connectivity index (χ0n) is 20.8. The first-order chi connectivity index (χ1) is 18.8. The first-order valence-electron chi connectivity index (χ1n) is 12.6. The van der Waals surface area contributed by atoms with Crippen LogP contribution in [0.4, 0.5) is 0 Å². The van der Waals surface area contributed by atoms with Crippen molar-refractivity contribution in [1.82, 2.24) is 9.97 Å². The third-order valence-corrected chi connectivity index (χ3v) is 6.37. The monoisotopic (exact) mass is 484 g/mol. The lowest BCUT2D eigenvalue weighted by atomic mass is 10.1. The van der Waals surface area contributed by atoms with E-state index in [-0.39, 0.29) is 0 Å². The number of aromatic nitrogens is 2. The van der Waals surface area contributed by atoms with Gasteiger partial charge in [0.25, 0.3) is 0 Å². The highest BCUT2D eigenvalue weighted by atomic mass is 14.6. The van der Waals surface area contributed by atoms with Crippen molar-refractivity contribution >= 4 is 46.1 Å². The third-order valence-electron chi connectivity index (χ3n) is 6.37. The lowest BCUT2D eigenvalue weighted by molar-refractivity contribution is 1.41. The molecule has 38 heavy (non-hydrogen) atoms. The van der Waals surface area contributed by atoms with Gasteiger partial charge in [-0.05, 0) is 70.8 Å². The maximum Gasteiger partial charge on any atom is 0.0707 e. The Balaban J connectivity index is 1.09. The van der Waals surface area contributed by atoms with E-state index in [0.717, 1.165) is 55.2 Å². The van der Waals surface area contributed by atoms with Crippen molar-refractivity contribution in [3.63, 3.8) is 0 Å². The molecule has 6 rings (SSSR count). The molecular formula is C36H24N2. The summed E-state index contributed by atoms with van der Waals surface area (Å²) in [6.07, 6.45) is 12.1. The number of fused-ring (bicyclic) bond motifs is 2. The van der Waals surface area contributed by atoms with Crippen LogP contribution in [0.1, 0.15) is 33.4 Å². The van der Waals surface area contributed by atoms with Gasteiger partial charge in [0, 0.05) is 34.3 Å². The molecule has 0 spiro atoms. The van der Waals surface area contributed by atoms with Crippen molar-refractivity contribution in [2.75, 3.05) is 0 Å². The van der Waals surface area contributed by atoms with Crippen LogP contribution in [0.15, 0.2) is 122 Å². The highest BCUT2D eigenvalue weighted by Gasteiger charge is 1.96. The average Bonchev–Trinajstić information content (AvgIpc) is 2.99. The van der Waals surface area contributed by atoms with E-state index < -0.39 is 0 Å². The van der Waals surface area contributed by atoms with Gasteiger partial charge in [-0.2, -0.15) is 0 Å². The van der Waals surface area contributed by atoms with Crippen molar-refractivity contribution in [3.05, 3.63) is 155 Å². The Morgan fingerprint density at radius 3 is 1.26 bits per heavy atom. The molecule has 2 nitrogen and oxygen atoms in total. The molecule has 0 unspecified atom stereocenters. The van der Waals surface area contributed by atoms with Crippen LogP contribution in [0.25, 0.3) is 46.1 Å². The van der Waals surface area contributed by atoms with Gasteiger partial charge in [-0.3, -0.25) is 9.97 Å². The third kappa shape index (κ3) is 5.59. The fraction of sp³-hybridized carbons (Fsp3) is 0. The number of rotatable bonds is 4. The number of pyridine rings is 2. The average molecular weight is 485 g/mol. The Labute approximate surface area is 222 Å². The van der Waals surface area contributed by atoms with E-state index in [4.69, 9.17) is 0 Å². The molecule has 0 fully saturated rings. The molecule has 2 aromatic heterocycles. The van der Waals surface area contributed by atoms with Crippen LogP contribution in [0.3, 0.4) is 0 Å². The van der Waals surface area contributed by atoms with Crippen LogP contribution >= 0.6 is 0 Å². The van der Waals surface area contributed by atoms with Crippen molar-refractivity contribution in [2.24, 2.45) is 0 Å². The minimum atomic E-state index is 0.992. The van der Waals surface area contributed by atoms with Crippen molar-refractivity contribution in [3.8, 4) is 11.8 Å². The predicted octanol–water partition coefficient (Wildman–Crippen LogP) is 8.52. The molecule has 0 amide bonds. The van der Waals surface area contributed by atoms with Crippen LogP contribution in [0.5, 0.6) is 0 Å². The minimum absolute atomic E-state index is 0.992. The van der Waals surface area contributed by atoms with E-state index in [2.05, 4.69) is 143 Å². The molecule has 2 heterocycles. The maximum atomic E-state index is 4.43. The fourth-order valence-electron chi connectivity index (χ4n) is 4.26. The van der Waals surface area contributed by atoms with Crippen LogP contribution < -0.4 is 0 Å². The first kappa shape index (κ1) is 23.2. The molecule has 6 aromatic rings. The summed E-state index contributed by atoms with van der Waals surface area (Å²) in [5, 5.41) is 2.30. The van der Waals surface area contributed by atoms with E-state index >= 15 is 0 Å². The molecule has 4 aromatic carbocycles. The van der Waals surface area contributed by atoms with E-state index in [1.54, 1.807) is 0 Å². The first-order valence-corrected chi connectivity index (χ1v) is 12.6. The summed E-state index contributed by atoms with van der Waals surface area (Å²) in [6.45, 7) is 0. The summed E-state index contributed by atoms with van der Waals surface area (Å²) in [6, 6.07) is 37.3. The Bertz CT molecular complexity index is 1710. The zero-order valence-corrected chi connectivity index (χ0v) is 20.8. The van der Waals surface area contributed by atoms with Crippen molar-refractivity contribution < 1.29 is 0 Å². The standard InChI is InChI=1S/C36H24N2/c1-3-33-21-19-31(25-35(33)37-23-1)17-15-29-11-7-27(8-12-29)5-6-28-9-13-30(14-10-28)16-18-32-20-22-34-4-2-24-38-36(34)26-32/h1-4,7-26H. The van der Waals surface area contributed by atoms with Gasteiger partial charge >= 0.3 is 0 Å². The largest absolute Gasteiger partial charge is 0.256 e. The highest BCUT2D eigenvalue weighted by molar-refractivity contribution is 5.83. The molecule has 0 aliphatic carbocycles. The molecule has 0 saturated heterocycles. The molecular weight excluding hydrogens is 460 g/mol. The van der Waals surface area contributed by atoms with Crippen LogP contribution in [-0.4, -0.2) is 9.97 Å². The highest BCUT2D eigenvalue weighted by Crippen LogP contribution is 2.17. The second-order valence-electron chi connectivity index (χ2n) is 9.07. The van der Waals surface area contributed by atoms with Gasteiger partial charge in [-0.25, -0.2) is 0 Å². The molecule has 0 aliphatic rings. The summed E-state index contributed by atoms with van der Waals surface area (Å²) in [5.74, 6) is 6.54. The molecule has 0 N–H and O–H groups in total. The van der Waals surface area contributed by atoms with E-state index in [0.29, 0.717) is 0 Å². The predicted molar refractivity (Wildman–Crippen MR) is 160 cm³/mol. The quantitative estimate of drug-likeness (QED) is 0.185. The van der Waals surface area contributed by atoms with Crippen LogP contribution in [0, 0.1) is 11.8 Å². The van der Waals surface area contributed by atoms with Crippen LogP contribution in [0.2, 0.25) is 0 Å². The molecule has 0 saturated carbocycles. The molecule has 0 aliphatic heterocycles. The minimum Gasteiger partial charge on any atom is -0.256 e. The van der Waals surface area contributed by atoms with Gasteiger partial charge in [0.2, 0.25) is 0 Å². The summed E-state index contributed by atoms with van der Waals surface area (Å²) in [5.41, 5.74) is 8.53. The fourth-order valence-corrected chi connectivity index (χ4v) is 4.26. The molecule has 2 heteroatoms. The van der Waals surface area contributed by atoms with E-state index in [1.165, 1.54) is 0 Å².